The molecule has 3 nitrogen and oxygen atoms in total. The number of aliphatic hydroxyl groups is 2. The van der Waals surface area contributed by atoms with Crippen LogP contribution in [0.15, 0.2) is 42.5 Å². The highest BCUT2D eigenvalue weighted by Crippen LogP contribution is 2.30. The molecule has 0 saturated heterocycles. The maximum absolute atomic E-state index is 9.27. The zero-order chi connectivity index (χ0) is 13.0. The molecule has 94 valence electrons. The number of rotatable bonds is 4. The molecule has 0 saturated carbocycles. The van der Waals surface area contributed by atoms with Crippen LogP contribution in [-0.2, 0) is 13.2 Å². The summed E-state index contributed by atoms with van der Waals surface area (Å²) in [6, 6.07) is 12.3. The fourth-order valence-corrected chi connectivity index (χ4v) is 1.85. The minimum absolute atomic E-state index is 0.0421. The molecular weight excluding hydrogens is 252 g/mol. The largest absolute Gasteiger partial charge is 0.457 e. The second-order valence-electron chi connectivity index (χ2n) is 3.78. The van der Waals surface area contributed by atoms with E-state index in [1.54, 1.807) is 42.5 Å². The zero-order valence-electron chi connectivity index (χ0n) is 9.64. The topological polar surface area (TPSA) is 49.7 Å². The summed E-state index contributed by atoms with van der Waals surface area (Å²) in [5.41, 5.74) is 1.31. The molecule has 0 unspecified atom stereocenters. The first-order valence-electron chi connectivity index (χ1n) is 5.50. The van der Waals surface area contributed by atoms with Crippen molar-refractivity contribution in [2.45, 2.75) is 13.2 Å². The molecular formula is C14H13ClO3. The Morgan fingerprint density at radius 2 is 1.78 bits per heavy atom. The zero-order valence-corrected chi connectivity index (χ0v) is 10.4. The van der Waals surface area contributed by atoms with E-state index in [1.807, 2.05) is 0 Å². The normalized spacial score (nSPS) is 10.4. The van der Waals surface area contributed by atoms with Crippen LogP contribution in [0.4, 0.5) is 0 Å². The van der Waals surface area contributed by atoms with Crippen molar-refractivity contribution in [3.8, 4) is 11.5 Å². The van der Waals surface area contributed by atoms with E-state index in [2.05, 4.69) is 0 Å². The van der Waals surface area contributed by atoms with Crippen molar-refractivity contribution in [1.82, 2.24) is 0 Å². The molecule has 0 aliphatic rings. The summed E-state index contributed by atoms with van der Waals surface area (Å²) in [5, 5.41) is 18.8. The van der Waals surface area contributed by atoms with Crippen molar-refractivity contribution in [3.05, 3.63) is 58.6 Å². The van der Waals surface area contributed by atoms with Crippen molar-refractivity contribution in [1.29, 1.82) is 0 Å². The smallest absolute Gasteiger partial charge is 0.134 e. The van der Waals surface area contributed by atoms with Crippen LogP contribution in [0.5, 0.6) is 11.5 Å². The van der Waals surface area contributed by atoms with Gasteiger partial charge in [0.2, 0.25) is 0 Å². The molecule has 0 aromatic heterocycles. The maximum Gasteiger partial charge on any atom is 0.134 e. The van der Waals surface area contributed by atoms with Crippen molar-refractivity contribution in [3.63, 3.8) is 0 Å². The van der Waals surface area contributed by atoms with E-state index in [9.17, 15) is 5.11 Å². The van der Waals surface area contributed by atoms with E-state index < -0.39 is 0 Å². The monoisotopic (exact) mass is 264 g/mol. The van der Waals surface area contributed by atoms with Gasteiger partial charge in [-0.05, 0) is 29.8 Å². The van der Waals surface area contributed by atoms with Gasteiger partial charge in [0.15, 0.2) is 0 Å². The molecule has 0 aliphatic carbocycles. The van der Waals surface area contributed by atoms with Crippen LogP contribution in [0.3, 0.4) is 0 Å². The minimum atomic E-state index is -0.186. The predicted octanol–water partition coefficient (Wildman–Crippen LogP) is 3.12. The minimum Gasteiger partial charge on any atom is -0.457 e. The maximum atomic E-state index is 9.27. The van der Waals surface area contributed by atoms with Crippen LogP contribution in [-0.4, -0.2) is 10.2 Å². The summed E-state index contributed by atoms with van der Waals surface area (Å²) in [6.45, 7) is -0.228. The fourth-order valence-electron chi connectivity index (χ4n) is 1.62. The summed E-state index contributed by atoms with van der Waals surface area (Å²) in [4.78, 5) is 0. The lowest BCUT2D eigenvalue weighted by Crippen LogP contribution is -1.93. The van der Waals surface area contributed by atoms with Crippen LogP contribution >= 0.6 is 11.6 Å². The molecule has 0 spiro atoms. The third-order valence-corrected chi connectivity index (χ3v) is 2.90. The predicted molar refractivity (Wildman–Crippen MR) is 69.8 cm³/mol. The lowest BCUT2D eigenvalue weighted by Gasteiger charge is -2.11. The van der Waals surface area contributed by atoms with E-state index in [1.165, 1.54) is 0 Å². The van der Waals surface area contributed by atoms with Gasteiger partial charge in [-0.3, -0.25) is 0 Å². The molecule has 2 rings (SSSR count). The number of hydrogen-bond acceptors (Lipinski definition) is 3. The molecule has 0 amide bonds. The van der Waals surface area contributed by atoms with Crippen molar-refractivity contribution in [2.24, 2.45) is 0 Å². The quantitative estimate of drug-likeness (QED) is 0.892. The lowest BCUT2D eigenvalue weighted by molar-refractivity contribution is 0.276. The van der Waals surface area contributed by atoms with E-state index in [4.69, 9.17) is 21.4 Å². The molecule has 0 fully saturated rings. The Kier molecular flexibility index (Phi) is 4.20. The number of aliphatic hydroxyl groups excluding tert-OH is 2. The second-order valence-corrected chi connectivity index (χ2v) is 4.19. The van der Waals surface area contributed by atoms with Gasteiger partial charge in [0.25, 0.3) is 0 Å². The Morgan fingerprint density at radius 1 is 1.00 bits per heavy atom. The first kappa shape index (κ1) is 12.9. The molecule has 0 aliphatic heterocycles. The average molecular weight is 265 g/mol. The van der Waals surface area contributed by atoms with Crippen molar-refractivity contribution < 1.29 is 14.9 Å². The van der Waals surface area contributed by atoms with Crippen molar-refractivity contribution >= 4 is 11.6 Å². The van der Waals surface area contributed by atoms with E-state index >= 15 is 0 Å². The number of ether oxygens (including phenoxy) is 1. The van der Waals surface area contributed by atoms with E-state index in [0.717, 1.165) is 5.56 Å². The van der Waals surface area contributed by atoms with Crippen LogP contribution in [0, 0.1) is 0 Å². The third kappa shape index (κ3) is 2.82. The molecule has 0 heterocycles. The number of benzene rings is 2. The van der Waals surface area contributed by atoms with Gasteiger partial charge in [-0.15, -0.1) is 0 Å². The molecule has 4 heteroatoms. The average Bonchev–Trinajstić information content (AvgIpc) is 2.39. The molecule has 2 N–H and O–H groups in total. The Balaban J connectivity index is 2.30. The SMILES string of the molecule is OCc1cccc(Oc2cccc(Cl)c2CO)c1. The fraction of sp³-hybridized carbons (Fsp3) is 0.143. The standard InChI is InChI=1S/C14H13ClO3/c15-13-5-2-6-14(12(13)9-17)18-11-4-1-3-10(7-11)8-16/h1-7,16-17H,8-9H2. The summed E-state index contributed by atoms with van der Waals surface area (Å²) in [5.74, 6) is 1.11. The summed E-state index contributed by atoms with van der Waals surface area (Å²) in [6.07, 6.45) is 0. The van der Waals surface area contributed by atoms with Gasteiger partial charge in [0.1, 0.15) is 11.5 Å². The van der Waals surface area contributed by atoms with Crippen LogP contribution in [0.25, 0.3) is 0 Å². The lowest BCUT2D eigenvalue weighted by atomic mass is 10.2. The highest BCUT2D eigenvalue weighted by atomic mass is 35.5. The van der Waals surface area contributed by atoms with Crippen molar-refractivity contribution in [2.75, 3.05) is 0 Å². The third-order valence-electron chi connectivity index (χ3n) is 2.54. The van der Waals surface area contributed by atoms with Crippen LogP contribution < -0.4 is 4.74 Å². The van der Waals surface area contributed by atoms with E-state index in [-0.39, 0.29) is 13.2 Å². The van der Waals surface area contributed by atoms with Gasteiger partial charge >= 0.3 is 0 Å². The summed E-state index contributed by atoms with van der Waals surface area (Å²) < 4.78 is 5.67. The molecule has 2 aromatic carbocycles. The van der Waals surface area contributed by atoms with Gasteiger partial charge in [-0.25, -0.2) is 0 Å². The Morgan fingerprint density at radius 3 is 2.50 bits per heavy atom. The molecule has 0 atom stereocenters. The Bertz CT molecular complexity index is 540. The number of hydrogen-bond donors (Lipinski definition) is 2. The molecule has 0 radical (unpaired) electrons. The second kappa shape index (κ2) is 5.87. The molecule has 2 aromatic rings. The van der Waals surface area contributed by atoms with Gasteiger partial charge < -0.3 is 14.9 Å². The Hall–Kier alpha value is -1.55. The van der Waals surface area contributed by atoms with Crippen LogP contribution in [0.1, 0.15) is 11.1 Å². The van der Waals surface area contributed by atoms with Gasteiger partial charge in [-0.1, -0.05) is 29.8 Å². The Labute approximate surface area is 110 Å². The van der Waals surface area contributed by atoms with Gasteiger partial charge in [0, 0.05) is 10.6 Å². The van der Waals surface area contributed by atoms with Gasteiger partial charge in [-0.2, -0.15) is 0 Å². The highest BCUT2D eigenvalue weighted by molar-refractivity contribution is 6.31. The van der Waals surface area contributed by atoms with Crippen LogP contribution in [0.2, 0.25) is 5.02 Å². The first-order valence-corrected chi connectivity index (χ1v) is 5.88. The molecule has 0 bridgehead atoms. The van der Waals surface area contributed by atoms with Gasteiger partial charge in [0.05, 0.1) is 13.2 Å². The number of halogens is 1. The highest BCUT2D eigenvalue weighted by Gasteiger charge is 2.08. The first-order chi connectivity index (χ1) is 8.74. The summed E-state index contributed by atoms with van der Waals surface area (Å²) in [7, 11) is 0. The molecule has 18 heavy (non-hydrogen) atoms. The summed E-state index contributed by atoms with van der Waals surface area (Å²) >= 11 is 5.97. The van der Waals surface area contributed by atoms with E-state index in [0.29, 0.717) is 22.1 Å².